The zero-order valence-corrected chi connectivity index (χ0v) is 11.4. The average molecular weight is 266 g/mol. The molecule has 0 heterocycles. The monoisotopic (exact) mass is 266 g/mol. The van der Waals surface area contributed by atoms with Gasteiger partial charge < -0.3 is 20.5 Å². The molecule has 19 heavy (non-hydrogen) atoms. The van der Waals surface area contributed by atoms with Gasteiger partial charge in [-0.2, -0.15) is 0 Å². The van der Waals surface area contributed by atoms with Crippen molar-refractivity contribution in [2.45, 2.75) is 19.3 Å². The van der Waals surface area contributed by atoms with Crippen LogP contribution < -0.4 is 15.8 Å². The highest BCUT2D eigenvalue weighted by Gasteiger charge is 2.02. The van der Waals surface area contributed by atoms with Crippen LogP contribution in [0.3, 0.4) is 0 Å². The normalized spacial score (nSPS) is 10.2. The Balaban J connectivity index is 2.32. The lowest BCUT2D eigenvalue weighted by Gasteiger charge is -2.08. The number of nitrogens with two attached hydrogens (primary N) is 1. The van der Waals surface area contributed by atoms with E-state index in [-0.39, 0.29) is 5.91 Å². The first-order valence-electron chi connectivity index (χ1n) is 6.48. The molecule has 0 fully saturated rings. The lowest BCUT2D eigenvalue weighted by atomic mass is 10.2. The smallest absolute Gasteiger partial charge is 0.224 e. The fourth-order valence-electron chi connectivity index (χ4n) is 1.53. The van der Waals surface area contributed by atoms with Crippen molar-refractivity contribution >= 4 is 11.6 Å². The molecule has 0 aromatic heterocycles. The third-order valence-electron chi connectivity index (χ3n) is 2.55. The van der Waals surface area contributed by atoms with E-state index in [9.17, 15) is 4.79 Å². The molecule has 0 unspecified atom stereocenters. The number of benzene rings is 1. The number of anilines is 1. The van der Waals surface area contributed by atoms with Gasteiger partial charge in [-0.1, -0.05) is 0 Å². The second kappa shape index (κ2) is 9.35. The topological polar surface area (TPSA) is 73.6 Å². The Morgan fingerprint density at radius 3 is 2.58 bits per heavy atom. The predicted octanol–water partition coefficient (Wildman–Crippen LogP) is 1.78. The molecular weight excluding hydrogens is 244 g/mol. The molecule has 5 heteroatoms. The van der Waals surface area contributed by atoms with E-state index in [0.29, 0.717) is 26.2 Å². The first-order valence-corrected chi connectivity index (χ1v) is 6.48. The van der Waals surface area contributed by atoms with Crippen LogP contribution in [0.5, 0.6) is 5.75 Å². The van der Waals surface area contributed by atoms with Crippen LogP contribution >= 0.6 is 0 Å². The molecule has 0 aliphatic carbocycles. The number of methoxy groups -OCH3 is 1. The summed E-state index contributed by atoms with van der Waals surface area (Å²) < 4.78 is 10.3. The number of amides is 1. The van der Waals surface area contributed by atoms with E-state index in [0.717, 1.165) is 24.3 Å². The van der Waals surface area contributed by atoms with Crippen LogP contribution in [-0.4, -0.2) is 32.8 Å². The number of ether oxygens (including phenoxy) is 2. The van der Waals surface area contributed by atoms with Crippen LogP contribution in [0.4, 0.5) is 5.69 Å². The van der Waals surface area contributed by atoms with Crippen molar-refractivity contribution in [1.29, 1.82) is 0 Å². The summed E-state index contributed by atoms with van der Waals surface area (Å²) in [6.45, 7) is 1.70. The Morgan fingerprint density at radius 1 is 1.21 bits per heavy atom. The van der Waals surface area contributed by atoms with Crippen LogP contribution in [0.25, 0.3) is 0 Å². The van der Waals surface area contributed by atoms with Crippen LogP contribution in [0.2, 0.25) is 0 Å². The van der Waals surface area contributed by atoms with E-state index in [1.54, 1.807) is 7.11 Å². The third-order valence-corrected chi connectivity index (χ3v) is 2.55. The highest BCUT2D eigenvalue weighted by Crippen LogP contribution is 2.16. The molecule has 0 aliphatic rings. The second-order valence-electron chi connectivity index (χ2n) is 4.16. The summed E-state index contributed by atoms with van der Waals surface area (Å²) in [4.78, 5) is 11.6. The van der Waals surface area contributed by atoms with Gasteiger partial charge in [-0.05, 0) is 43.7 Å². The largest absolute Gasteiger partial charge is 0.491 e. The van der Waals surface area contributed by atoms with Crippen LogP contribution in [0.15, 0.2) is 24.3 Å². The van der Waals surface area contributed by atoms with E-state index in [2.05, 4.69) is 5.32 Å². The highest BCUT2D eigenvalue weighted by molar-refractivity contribution is 5.90. The quantitative estimate of drug-likeness (QED) is 0.668. The first kappa shape index (κ1) is 15.5. The minimum atomic E-state index is 0.0153. The van der Waals surface area contributed by atoms with E-state index in [4.69, 9.17) is 15.2 Å². The van der Waals surface area contributed by atoms with Gasteiger partial charge in [-0.3, -0.25) is 4.79 Å². The molecule has 0 spiro atoms. The van der Waals surface area contributed by atoms with Gasteiger partial charge in [0.2, 0.25) is 5.91 Å². The van der Waals surface area contributed by atoms with Crippen molar-refractivity contribution < 1.29 is 14.3 Å². The molecule has 1 aromatic rings. The summed E-state index contributed by atoms with van der Waals surface area (Å²) in [5.41, 5.74) is 6.15. The molecule has 0 bridgehead atoms. The van der Waals surface area contributed by atoms with Crippen molar-refractivity contribution in [3.05, 3.63) is 24.3 Å². The third kappa shape index (κ3) is 6.79. The zero-order chi connectivity index (χ0) is 13.9. The van der Waals surface area contributed by atoms with Gasteiger partial charge in [0, 0.05) is 19.2 Å². The van der Waals surface area contributed by atoms with E-state index < -0.39 is 0 Å². The molecule has 1 rings (SSSR count). The molecule has 0 aliphatic heterocycles. The molecule has 106 valence electrons. The standard InChI is InChI=1S/C14H22N2O3/c1-18-10-11-19-13-7-5-12(6-8-13)16-14(17)4-2-3-9-15/h5-8H,2-4,9-11,15H2,1H3,(H,16,17). The van der Waals surface area contributed by atoms with Crippen LogP contribution in [0.1, 0.15) is 19.3 Å². The Hall–Kier alpha value is -1.59. The predicted molar refractivity (Wildman–Crippen MR) is 75.3 cm³/mol. The van der Waals surface area contributed by atoms with Gasteiger partial charge in [0.15, 0.2) is 0 Å². The second-order valence-corrected chi connectivity index (χ2v) is 4.16. The van der Waals surface area contributed by atoms with Gasteiger partial charge >= 0.3 is 0 Å². The Labute approximate surface area is 114 Å². The summed E-state index contributed by atoms with van der Waals surface area (Å²) in [6.07, 6.45) is 2.20. The average Bonchev–Trinajstić information content (AvgIpc) is 2.41. The van der Waals surface area contributed by atoms with Crippen LogP contribution in [0, 0.1) is 0 Å². The van der Waals surface area contributed by atoms with Gasteiger partial charge in [-0.15, -0.1) is 0 Å². The van der Waals surface area contributed by atoms with Gasteiger partial charge in [-0.25, -0.2) is 0 Å². The van der Waals surface area contributed by atoms with Crippen molar-refractivity contribution in [3.63, 3.8) is 0 Å². The van der Waals surface area contributed by atoms with Crippen LogP contribution in [-0.2, 0) is 9.53 Å². The number of unbranched alkanes of at least 4 members (excludes halogenated alkanes) is 1. The molecule has 0 saturated carbocycles. The lowest BCUT2D eigenvalue weighted by Crippen LogP contribution is -2.12. The summed E-state index contributed by atoms with van der Waals surface area (Å²) in [5, 5.41) is 2.84. The molecule has 5 nitrogen and oxygen atoms in total. The minimum Gasteiger partial charge on any atom is -0.491 e. The van der Waals surface area contributed by atoms with Crippen molar-refractivity contribution in [1.82, 2.24) is 0 Å². The van der Waals surface area contributed by atoms with Crippen molar-refractivity contribution in [2.24, 2.45) is 5.73 Å². The summed E-state index contributed by atoms with van der Waals surface area (Å²) in [6, 6.07) is 7.29. The number of carbonyl (C=O) groups is 1. The molecule has 0 saturated heterocycles. The fourth-order valence-corrected chi connectivity index (χ4v) is 1.53. The Bertz CT molecular complexity index is 365. The Kier molecular flexibility index (Phi) is 7.62. The van der Waals surface area contributed by atoms with E-state index in [1.165, 1.54) is 0 Å². The molecule has 1 aromatic carbocycles. The molecule has 0 radical (unpaired) electrons. The van der Waals surface area contributed by atoms with E-state index >= 15 is 0 Å². The maximum Gasteiger partial charge on any atom is 0.224 e. The van der Waals surface area contributed by atoms with Gasteiger partial charge in [0.25, 0.3) is 0 Å². The number of nitrogens with one attached hydrogen (secondary N) is 1. The number of hydrogen-bond donors (Lipinski definition) is 2. The van der Waals surface area contributed by atoms with Gasteiger partial charge in [0.05, 0.1) is 6.61 Å². The minimum absolute atomic E-state index is 0.0153. The summed E-state index contributed by atoms with van der Waals surface area (Å²) in [5.74, 6) is 0.777. The fraction of sp³-hybridized carbons (Fsp3) is 0.500. The summed E-state index contributed by atoms with van der Waals surface area (Å²) in [7, 11) is 1.63. The molecule has 0 atom stereocenters. The Morgan fingerprint density at radius 2 is 1.95 bits per heavy atom. The summed E-state index contributed by atoms with van der Waals surface area (Å²) >= 11 is 0. The number of rotatable bonds is 9. The molecule has 3 N–H and O–H groups in total. The number of hydrogen-bond acceptors (Lipinski definition) is 4. The zero-order valence-electron chi connectivity index (χ0n) is 11.4. The molecular formula is C14H22N2O3. The SMILES string of the molecule is COCCOc1ccc(NC(=O)CCCCN)cc1. The molecule has 1 amide bonds. The van der Waals surface area contributed by atoms with Crippen molar-refractivity contribution in [3.8, 4) is 5.75 Å². The van der Waals surface area contributed by atoms with Gasteiger partial charge in [0.1, 0.15) is 12.4 Å². The maximum absolute atomic E-state index is 11.6. The maximum atomic E-state index is 11.6. The lowest BCUT2D eigenvalue weighted by molar-refractivity contribution is -0.116. The highest BCUT2D eigenvalue weighted by atomic mass is 16.5. The first-order chi connectivity index (χ1) is 9.26. The van der Waals surface area contributed by atoms with Crippen molar-refractivity contribution in [2.75, 3.05) is 32.2 Å². The number of carbonyl (C=O) groups excluding carboxylic acids is 1. The van der Waals surface area contributed by atoms with E-state index in [1.807, 2.05) is 24.3 Å².